The largest absolute Gasteiger partial charge is 0.489 e. The summed E-state index contributed by atoms with van der Waals surface area (Å²) in [5, 5.41) is 19.1. The molecule has 1 atom stereocenters. The van der Waals surface area contributed by atoms with Gasteiger partial charge in [0.15, 0.2) is 0 Å². The van der Waals surface area contributed by atoms with Crippen LogP contribution in [-0.2, 0) is 11.4 Å². The summed E-state index contributed by atoms with van der Waals surface area (Å²) in [6, 6.07) is 14.4. The van der Waals surface area contributed by atoms with E-state index in [-0.39, 0.29) is 6.42 Å². The molecule has 0 bridgehead atoms. The number of halogens is 1. The van der Waals surface area contributed by atoms with E-state index in [1.807, 2.05) is 30.3 Å². The highest BCUT2D eigenvalue weighted by atomic mass is 35.5. The van der Waals surface area contributed by atoms with Crippen LogP contribution >= 0.6 is 11.6 Å². The summed E-state index contributed by atoms with van der Waals surface area (Å²) >= 11 is 5.93. The van der Waals surface area contributed by atoms with Gasteiger partial charge in [-0.2, -0.15) is 0 Å². The third-order valence-electron chi connectivity index (χ3n) is 3.07. The molecule has 3 N–H and O–H groups in total. The second-order valence-electron chi connectivity index (χ2n) is 4.71. The van der Waals surface area contributed by atoms with Gasteiger partial charge >= 0.3 is 0 Å². The van der Waals surface area contributed by atoms with Crippen molar-refractivity contribution in [1.29, 1.82) is 0 Å². The van der Waals surface area contributed by atoms with Crippen LogP contribution in [0.4, 0.5) is 0 Å². The van der Waals surface area contributed by atoms with Crippen molar-refractivity contribution in [3.05, 3.63) is 64.7 Å². The van der Waals surface area contributed by atoms with E-state index in [1.54, 1.807) is 12.1 Å². The van der Waals surface area contributed by atoms with E-state index in [1.165, 1.54) is 11.5 Å². The molecule has 0 aromatic heterocycles. The molecule has 22 heavy (non-hydrogen) atoms. The van der Waals surface area contributed by atoms with Crippen LogP contribution in [0.1, 0.15) is 23.7 Å². The summed E-state index contributed by atoms with van der Waals surface area (Å²) in [5.41, 5.74) is 2.86. The molecule has 0 saturated heterocycles. The zero-order valence-electron chi connectivity index (χ0n) is 11.7. The number of hydroxylamine groups is 1. The van der Waals surface area contributed by atoms with Gasteiger partial charge in [-0.1, -0.05) is 41.9 Å². The van der Waals surface area contributed by atoms with Gasteiger partial charge in [0.05, 0.1) is 12.5 Å². The number of aliphatic hydroxyl groups is 1. The van der Waals surface area contributed by atoms with E-state index in [0.29, 0.717) is 22.9 Å². The van der Waals surface area contributed by atoms with E-state index in [0.717, 1.165) is 5.56 Å². The number of hydrogen-bond acceptors (Lipinski definition) is 4. The zero-order valence-corrected chi connectivity index (χ0v) is 12.5. The molecule has 6 heteroatoms. The fourth-order valence-electron chi connectivity index (χ4n) is 1.98. The van der Waals surface area contributed by atoms with E-state index in [2.05, 4.69) is 0 Å². The van der Waals surface area contributed by atoms with Crippen LogP contribution in [0.25, 0.3) is 0 Å². The van der Waals surface area contributed by atoms with E-state index in [9.17, 15) is 9.90 Å². The Morgan fingerprint density at radius 2 is 1.95 bits per heavy atom. The number of rotatable bonds is 6. The highest BCUT2D eigenvalue weighted by Gasteiger charge is 2.18. The Labute approximate surface area is 133 Å². The molecule has 116 valence electrons. The summed E-state index contributed by atoms with van der Waals surface area (Å²) in [7, 11) is 0. The first-order chi connectivity index (χ1) is 10.6. The topological polar surface area (TPSA) is 78.8 Å². The highest BCUT2D eigenvalue weighted by molar-refractivity contribution is 6.30. The maximum absolute atomic E-state index is 11.2. The molecule has 0 saturated carbocycles. The Balaban J connectivity index is 2.15. The van der Waals surface area contributed by atoms with Crippen molar-refractivity contribution in [1.82, 2.24) is 5.48 Å². The van der Waals surface area contributed by atoms with Crippen LogP contribution in [-0.4, -0.2) is 16.2 Å². The van der Waals surface area contributed by atoms with Gasteiger partial charge in [-0.25, -0.2) is 5.48 Å². The van der Waals surface area contributed by atoms with Gasteiger partial charge in [0.1, 0.15) is 12.4 Å². The smallest absolute Gasteiger partial charge is 0.246 e. The highest BCUT2D eigenvalue weighted by Crippen LogP contribution is 2.30. The van der Waals surface area contributed by atoms with Gasteiger partial charge in [-0.15, -0.1) is 0 Å². The molecule has 0 heterocycles. The molecule has 5 nitrogen and oxygen atoms in total. The van der Waals surface area contributed by atoms with Crippen molar-refractivity contribution in [3.8, 4) is 5.75 Å². The average Bonchev–Trinajstić information content (AvgIpc) is 2.54. The second-order valence-corrected chi connectivity index (χ2v) is 5.15. The number of aliphatic hydroxyl groups excluding tert-OH is 1. The lowest BCUT2D eigenvalue weighted by atomic mass is 10.1. The quantitative estimate of drug-likeness (QED) is 0.564. The molecule has 0 aliphatic heterocycles. The molecule has 2 rings (SSSR count). The van der Waals surface area contributed by atoms with Gasteiger partial charge in [0, 0.05) is 10.6 Å². The number of carbonyl (C=O) groups is 1. The van der Waals surface area contributed by atoms with Crippen molar-refractivity contribution in [2.45, 2.75) is 19.1 Å². The molecule has 0 fully saturated rings. The molecule has 1 unspecified atom stereocenters. The maximum Gasteiger partial charge on any atom is 0.246 e. The average molecular weight is 322 g/mol. The third-order valence-corrected chi connectivity index (χ3v) is 3.31. The molecule has 0 radical (unpaired) electrons. The second kappa shape index (κ2) is 7.79. The standard InChI is InChI=1S/C16H16ClNO4/c17-12-6-7-15(22-10-11-4-2-1-3-5-11)13(8-12)14(19)9-16(20)18-21/h1-8,14,19,21H,9-10H2,(H,18,20). The van der Waals surface area contributed by atoms with Gasteiger partial charge in [-0.05, 0) is 23.8 Å². The van der Waals surface area contributed by atoms with Crippen molar-refractivity contribution in [2.75, 3.05) is 0 Å². The molecule has 2 aromatic carbocycles. The predicted octanol–water partition coefficient (Wildman–Crippen LogP) is 2.85. The van der Waals surface area contributed by atoms with Crippen LogP contribution < -0.4 is 10.2 Å². The first-order valence-electron chi connectivity index (χ1n) is 6.67. The summed E-state index contributed by atoms with van der Waals surface area (Å²) in [5.74, 6) is -0.257. The Morgan fingerprint density at radius 1 is 1.23 bits per heavy atom. The molecule has 0 aliphatic carbocycles. The monoisotopic (exact) mass is 321 g/mol. The van der Waals surface area contributed by atoms with Crippen LogP contribution in [0.5, 0.6) is 5.75 Å². The summed E-state index contributed by atoms with van der Waals surface area (Å²) < 4.78 is 5.70. The van der Waals surface area contributed by atoms with Gasteiger partial charge in [0.2, 0.25) is 5.91 Å². The SMILES string of the molecule is O=C(CC(O)c1cc(Cl)ccc1OCc1ccccc1)NO. The number of carbonyl (C=O) groups excluding carboxylic acids is 1. The Hall–Kier alpha value is -2.08. The molecule has 0 spiro atoms. The Morgan fingerprint density at radius 3 is 2.64 bits per heavy atom. The van der Waals surface area contributed by atoms with Crippen molar-refractivity contribution in [3.63, 3.8) is 0 Å². The Bertz CT molecular complexity index is 633. The lowest BCUT2D eigenvalue weighted by Crippen LogP contribution is -2.21. The lowest BCUT2D eigenvalue weighted by Gasteiger charge is -2.16. The normalized spacial score (nSPS) is 11.8. The van der Waals surface area contributed by atoms with Crippen molar-refractivity contribution < 1.29 is 19.8 Å². The molecule has 2 aromatic rings. The first-order valence-corrected chi connectivity index (χ1v) is 7.05. The number of nitrogens with one attached hydrogen (secondary N) is 1. The van der Waals surface area contributed by atoms with Gasteiger partial charge in [0.25, 0.3) is 0 Å². The minimum atomic E-state index is -1.13. The van der Waals surface area contributed by atoms with Crippen molar-refractivity contribution >= 4 is 17.5 Å². The first kappa shape index (κ1) is 16.3. The lowest BCUT2D eigenvalue weighted by molar-refractivity contribution is -0.131. The van der Waals surface area contributed by atoms with Crippen LogP contribution in [0.15, 0.2) is 48.5 Å². The van der Waals surface area contributed by atoms with E-state index in [4.69, 9.17) is 21.5 Å². The fraction of sp³-hybridized carbons (Fsp3) is 0.188. The minimum Gasteiger partial charge on any atom is -0.489 e. The predicted molar refractivity (Wildman–Crippen MR) is 81.7 cm³/mol. The van der Waals surface area contributed by atoms with E-state index >= 15 is 0 Å². The van der Waals surface area contributed by atoms with Crippen molar-refractivity contribution in [2.24, 2.45) is 0 Å². The summed E-state index contributed by atoms with van der Waals surface area (Å²) in [6.07, 6.45) is -1.42. The maximum atomic E-state index is 11.2. The van der Waals surface area contributed by atoms with Crippen LogP contribution in [0, 0.1) is 0 Å². The van der Waals surface area contributed by atoms with E-state index < -0.39 is 12.0 Å². The summed E-state index contributed by atoms with van der Waals surface area (Å²) in [6.45, 7) is 0.328. The zero-order chi connectivity index (χ0) is 15.9. The third kappa shape index (κ3) is 4.46. The Kier molecular flexibility index (Phi) is 5.77. The number of amides is 1. The molecule has 0 aliphatic rings. The fourth-order valence-corrected chi connectivity index (χ4v) is 2.16. The molecular formula is C16H16ClNO4. The number of benzene rings is 2. The number of ether oxygens (including phenoxy) is 1. The van der Waals surface area contributed by atoms with Crippen LogP contribution in [0.3, 0.4) is 0 Å². The minimum absolute atomic E-state index is 0.293. The molecular weight excluding hydrogens is 306 g/mol. The number of hydrogen-bond donors (Lipinski definition) is 3. The van der Waals surface area contributed by atoms with Gasteiger partial charge < -0.3 is 9.84 Å². The van der Waals surface area contributed by atoms with Crippen LogP contribution in [0.2, 0.25) is 5.02 Å². The van der Waals surface area contributed by atoms with Gasteiger partial charge in [-0.3, -0.25) is 10.0 Å². The summed E-state index contributed by atoms with van der Waals surface area (Å²) in [4.78, 5) is 11.2. The molecule has 1 amide bonds.